The molecule has 21 heavy (non-hydrogen) atoms. The Morgan fingerprint density at radius 1 is 1.19 bits per heavy atom. The van der Waals surface area contributed by atoms with Crippen LogP contribution in [0.3, 0.4) is 0 Å². The molecule has 1 amide bonds. The zero-order chi connectivity index (χ0) is 15.6. The molecule has 0 spiro atoms. The molecule has 7 heteroatoms. The van der Waals surface area contributed by atoms with E-state index in [0.29, 0.717) is 13.1 Å². The van der Waals surface area contributed by atoms with Gasteiger partial charge in [-0.2, -0.15) is 0 Å². The van der Waals surface area contributed by atoms with Crippen molar-refractivity contribution in [3.8, 4) is 0 Å². The van der Waals surface area contributed by atoms with E-state index in [1.165, 1.54) is 18.2 Å². The SMILES string of the molecule is CN1CCCN(C(=O)c2cc(S(C)(=O)=O)ccc2Cl)CC1. The first-order valence-corrected chi connectivity index (χ1v) is 9.03. The molecule has 0 aromatic heterocycles. The van der Waals surface area contributed by atoms with E-state index in [4.69, 9.17) is 11.6 Å². The lowest BCUT2D eigenvalue weighted by Gasteiger charge is -2.21. The number of hydrogen-bond acceptors (Lipinski definition) is 4. The van der Waals surface area contributed by atoms with Crippen molar-refractivity contribution in [3.05, 3.63) is 28.8 Å². The van der Waals surface area contributed by atoms with E-state index in [1.807, 2.05) is 7.05 Å². The van der Waals surface area contributed by atoms with Crippen LogP contribution in [-0.2, 0) is 9.84 Å². The average Bonchev–Trinajstić information content (AvgIpc) is 2.62. The van der Waals surface area contributed by atoms with E-state index >= 15 is 0 Å². The van der Waals surface area contributed by atoms with Gasteiger partial charge in [-0.1, -0.05) is 11.6 Å². The molecule has 1 heterocycles. The van der Waals surface area contributed by atoms with Crippen molar-refractivity contribution in [2.45, 2.75) is 11.3 Å². The van der Waals surface area contributed by atoms with Crippen molar-refractivity contribution in [1.29, 1.82) is 0 Å². The van der Waals surface area contributed by atoms with E-state index in [9.17, 15) is 13.2 Å². The van der Waals surface area contributed by atoms with Crippen LogP contribution in [0.15, 0.2) is 23.1 Å². The number of sulfone groups is 1. The molecule has 0 aliphatic carbocycles. The monoisotopic (exact) mass is 330 g/mol. The molecular formula is C14H19ClN2O3S. The van der Waals surface area contributed by atoms with Gasteiger partial charge in [0.1, 0.15) is 0 Å². The highest BCUT2D eigenvalue weighted by Crippen LogP contribution is 2.22. The van der Waals surface area contributed by atoms with Crippen molar-refractivity contribution in [2.75, 3.05) is 39.5 Å². The molecule has 116 valence electrons. The summed E-state index contributed by atoms with van der Waals surface area (Å²) in [6.45, 7) is 3.02. The largest absolute Gasteiger partial charge is 0.337 e. The molecule has 1 aliphatic heterocycles. The lowest BCUT2D eigenvalue weighted by Crippen LogP contribution is -2.34. The topological polar surface area (TPSA) is 57.7 Å². The Bertz CT molecular complexity index is 646. The van der Waals surface area contributed by atoms with E-state index in [1.54, 1.807) is 4.90 Å². The maximum Gasteiger partial charge on any atom is 0.255 e. The minimum absolute atomic E-state index is 0.113. The summed E-state index contributed by atoms with van der Waals surface area (Å²) in [6.07, 6.45) is 2.01. The van der Waals surface area contributed by atoms with E-state index in [0.717, 1.165) is 25.8 Å². The third kappa shape index (κ3) is 3.96. The number of carbonyl (C=O) groups is 1. The van der Waals surface area contributed by atoms with Gasteiger partial charge in [0.05, 0.1) is 15.5 Å². The highest BCUT2D eigenvalue weighted by Gasteiger charge is 2.22. The predicted molar refractivity (Wildman–Crippen MR) is 82.6 cm³/mol. The van der Waals surface area contributed by atoms with Gasteiger partial charge in [0.15, 0.2) is 9.84 Å². The van der Waals surface area contributed by atoms with Crippen molar-refractivity contribution >= 4 is 27.3 Å². The van der Waals surface area contributed by atoms with Crippen LogP contribution in [-0.4, -0.2) is 63.6 Å². The van der Waals surface area contributed by atoms with Gasteiger partial charge in [0.25, 0.3) is 5.91 Å². The first kappa shape index (κ1) is 16.3. The zero-order valence-electron chi connectivity index (χ0n) is 12.2. The molecule has 1 saturated heterocycles. The molecule has 0 N–H and O–H groups in total. The van der Waals surface area contributed by atoms with Crippen molar-refractivity contribution in [3.63, 3.8) is 0 Å². The molecule has 0 saturated carbocycles. The maximum absolute atomic E-state index is 12.6. The van der Waals surface area contributed by atoms with Crippen LogP contribution in [0.4, 0.5) is 0 Å². The lowest BCUT2D eigenvalue weighted by molar-refractivity contribution is 0.0762. The fourth-order valence-electron chi connectivity index (χ4n) is 2.32. The maximum atomic E-state index is 12.6. The van der Waals surface area contributed by atoms with Gasteiger partial charge in [0.2, 0.25) is 0 Å². The third-order valence-electron chi connectivity index (χ3n) is 3.60. The molecular weight excluding hydrogens is 312 g/mol. The summed E-state index contributed by atoms with van der Waals surface area (Å²) in [7, 11) is -1.34. The number of hydrogen-bond donors (Lipinski definition) is 0. The number of carbonyl (C=O) groups excluding carboxylic acids is 1. The predicted octanol–water partition coefficient (Wildman–Crippen LogP) is 1.52. The van der Waals surface area contributed by atoms with E-state index < -0.39 is 9.84 Å². The molecule has 0 bridgehead atoms. The van der Waals surface area contributed by atoms with Crippen molar-refractivity contribution in [2.24, 2.45) is 0 Å². The first-order chi connectivity index (χ1) is 9.79. The number of benzene rings is 1. The Morgan fingerprint density at radius 3 is 2.57 bits per heavy atom. The van der Waals surface area contributed by atoms with E-state index in [2.05, 4.69) is 4.90 Å². The minimum Gasteiger partial charge on any atom is -0.337 e. The second-order valence-corrected chi connectivity index (χ2v) is 7.79. The smallest absolute Gasteiger partial charge is 0.255 e. The van der Waals surface area contributed by atoms with Gasteiger partial charge in [-0.3, -0.25) is 4.79 Å². The highest BCUT2D eigenvalue weighted by molar-refractivity contribution is 7.90. The Hall–Kier alpha value is -1.11. The number of nitrogens with zero attached hydrogens (tertiary/aromatic N) is 2. The standard InChI is InChI=1S/C14H19ClN2O3S/c1-16-6-3-7-17(9-8-16)14(18)12-10-11(21(2,19)20)4-5-13(12)15/h4-5,10H,3,6-9H2,1-2H3. The van der Waals surface area contributed by atoms with Crippen LogP contribution >= 0.6 is 11.6 Å². The summed E-state index contributed by atoms with van der Waals surface area (Å²) < 4.78 is 23.2. The molecule has 0 atom stereocenters. The molecule has 5 nitrogen and oxygen atoms in total. The van der Waals surface area contributed by atoms with Crippen LogP contribution in [0.1, 0.15) is 16.8 Å². The van der Waals surface area contributed by atoms with Gasteiger partial charge in [-0.15, -0.1) is 0 Å². The number of rotatable bonds is 2. The average molecular weight is 331 g/mol. The Kier molecular flexibility index (Phi) is 4.91. The highest BCUT2D eigenvalue weighted by atomic mass is 35.5. The molecule has 1 aromatic carbocycles. The van der Waals surface area contributed by atoms with Gasteiger partial charge in [-0.05, 0) is 38.2 Å². The molecule has 1 aromatic rings. The quantitative estimate of drug-likeness (QED) is 0.825. The lowest BCUT2D eigenvalue weighted by atomic mass is 10.2. The first-order valence-electron chi connectivity index (χ1n) is 6.76. The summed E-state index contributed by atoms with van der Waals surface area (Å²) in [4.78, 5) is 16.6. The normalized spacial score (nSPS) is 17.6. The van der Waals surface area contributed by atoms with Gasteiger partial charge >= 0.3 is 0 Å². The minimum atomic E-state index is -3.36. The second-order valence-electron chi connectivity index (χ2n) is 5.36. The fourth-order valence-corrected chi connectivity index (χ4v) is 3.16. The molecule has 2 rings (SSSR count). The van der Waals surface area contributed by atoms with Crippen LogP contribution in [0, 0.1) is 0 Å². The van der Waals surface area contributed by atoms with Gasteiger partial charge in [-0.25, -0.2) is 8.42 Å². The van der Waals surface area contributed by atoms with Crippen LogP contribution < -0.4 is 0 Å². The fraction of sp³-hybridized carbons (Fsp3) is 0.500. The van der Waals surface area contributed by atoms with E-state index in [-0.39, 0.29) is 21.4 Å². The zero-order valence-corrected chi connectivity index (χ0v) is 13.7. The number of halogens is 1. The third-order valence-corrected chi connectivity index (χ3v) is 5.04. The molecule has 1 aliphatic rings. The summed E-state index contributed by atoms with van der Waals surface area (Å²) >= 11 is 6.08. The summed E-state index contributed by atoms with van der Waals surface area (Å²) in [6, 6.07) is 4.26. The summed E-state index contributed by atoms with van der Waals surface area (Å²) in [5.41, 5.74) is 0.254. The summed E-state index contributed by atoms with van der Waals surface area (Å²) in [5, 5.41) is 0.282. The summed E-state index contributed by atoms with van der Waals surface area (Å²) in [5.74, 6) is -0.208. The Balaban J connectivity index is 2.30. The number of likely N-dealkylation sites (N-methyl/N-ethyl adjacent to an activating group) is 1. The Labute approximate surface area is 130 Å². The molecule has 0 radical (unpaired) electrons. The van der Waals surface area contributed by atoms with Gasteiger partial charge < -0.3 is 9.80 Å². The Morgan fingerprint density at radius 2 is 1.90 bits per heavy atom. The number of amides is 1. The van der Waals surface area contributed by atoms with Crippen molar-refractivity contribution < 1.29 is 13.2 Å². The van der Waals surface area contributed by atoms with Crippen molar-refractivity contribution in [1.82, 2.24) is 9.80 Å². The van der Waals surface area contributed by atoms with Crippen LogP contribution in [0.25, 0.3) is 0 Å². The van der Waals surface area contributed by atoms with Crippen LogP contribution in [0.5, 0.6) is 0 Å². The van der Waals surface area contributed by atoms with Crippen LogP contribution in [0.2, 0.25) is 5.02 Å². The molecule has 1 fully saturated rings. The second kappa shape index (κ2) is 6.34. The molecule has 0 unspecified atom stereocenters. The van der Waals surface area contributed by atoms with Gasteiger partial charge in [0, 0.05) is 25.9 Å².